The van der Waals surface area contributed by atoms with E-state index in [9.17, 15) is 13.2 Å². The highest BCUT2D eigenvalue weighted by atomic mass is 32.2. The monoisotopic (exact) mass is 311 g/mol. The lowest BCUT2D eigenvalue weighted by atomic mass is 10.1. The molecule has 1 aromatic carbocycles. The zero-order valence-electron chi connectivity index (χ0n) is 12.3. The first-order chi connectivity index (χ1) is 9.90. The van der Waals surface area contributed by atoms with Crippen molar-refractivity contribution in [3.8, 4) is 0 Å². The molecule has 0 aromatic heterocycles. The van der Waals surface area contributed by atoms with Gasteiger partial charge in [0.15, 0.2) is 0 Å². The van der Waals surface area contributed by atoms with E-state index in [1.807, 2.05) is 0 Å². The van der Waals surface area contributed by atoms with Crippen molar-refractivity contribution in [1.29, 1.82) is 0 Å². The third-order valence-corrected chi connectivity index (χ3v) is 5.18. The first-order valence-corrected chi connectivity index (χ1v) is 8.53. The summed E-state index contributed by atoms with van der Waals surface area (Å²) < 4.78 is 26.6. The highest BCUT2D eigenvalue weighted by Crippen LogP contribution is 2.31. The molecule has 7 heteroatoms. The number of hydrogen-bond donors (Lipinski definition) is 2. The quantitative estimate of drug-likeness (QED) is 0.826. The minimum atomic E-state index is -3.52. The summed E-state index contributed by atoms with van der Waals surface area (Å²) in [6.07, 6.45) is 0.736. The number of carbonyl (C=O) groups excluding carboxylic acids is 1. The van der Waals surface area contributed by atoms with Gasteiger partial charge in [-0.1, -0.05) is 19.9 Å². The molecule has 0 fully saturated rings. The highest BCUT2D eigenvalue weighted by Gasteiger charge is 2.28. The molecule has 0 saturated heterocycles. The minimum absolute atomic E-state index is 0.0609. The van der Waals surface area contributed by atoms with Crippen molar-refractivity contribution in [3.63, 3.8) is 0 Å². The molecular formula is C14H21N3O3S. The third-order valence-electron chi connectivity index (χ3n) is 3.64. The summed E-state index contributed by atoms with van der Waals surface area (Å²) in [7, 11) is -3.52. The zero-order valence-corrected chi connectivity index (χ0v) is 13.1. The van der Waals surface area contributed by atoms with E-state index in [4.69, 9.17) is 5.73 Å². The van der Waals surface area contributed by atoms with Crippen LogP contribution in [0.1, 0.15) is 19.4 Å². The third kappa shape index (κ3) is 3.09. The van der Waals surface area contributed by atoms with Crippen LogP contribution in [0.15, 0.2) is 23.1 Å². The SMILES string of the molecule is CCNS(=O)(=O)c1ccc2c(c1)N(C(=O)C(C)CN)CC2. The molecule has 0 saturated carbocycles. The standard InChI is InChI=1S/C14H21N3O3S/c1-3-16-21(19,20)12-5-4-11-6-7-17(13(11)8-12)14(18)10(2)9-15/h4-5,8,10,16H,3,6-7,9,15H2,1-2H3. The van der Waals surface area contributed by atoms with E-state index in [2.05, 4.69) is 4.72 Å². The second-order valence-corrected chi connectivity index (χ2v) is 6.94. The number of anilines is 1. The number of sulfonamides is 1. The van der Waals surface area contributed by atoms with Gasteiger partial charge in [0.05, 0.1) is 4.90 Å². The Morgan fingerprint density at radius 2 is 2.19 bits per heavy atom. The van der Waals surface area contributed by atoms with Crippen LogP contribution in [0.2, 0.25) is 0 Å². The Kier molecular flexibility index (Phi) is 4.65. The van der Waals surface area contributed by atoms with Crippen molar-refractivity contribution in [3.05, 3.63) is 23.8 Å². The average molecular weight is 311 g/mol. The Balaban J connectivity index is 2.37. The summed E-state index contributed by atoms with van der Waals surface area (Å²) in [5.41, 5.74) is 7.21. The maximum absolute atomic E-state index is 12.3. The molecule has 3 N–H and O–H groups in total. The summed E-state index contributed by atoms with van der Waals surface area (Å²) in [4.78, 5) is 14.1. The molecular weight excluding hydrogens is 290 g/mol. The van der Waals surface area contributed by atoms with Gasteiger partial charge in [0.1, 0.15) is 0 Å². The minimum Gasteiger partial charge on any atom is -0.330 e. The van der Waals surface area contributed by atoms with Gasteiger partial charge in [0.25, 0.3) is 0 Å². The number of hydrogen-bond acceptors (Lipinski definition) is 4. The second-order valence-electron chi connectivity index (χ2n) is 5.17. The molecule has 1 heterocycles. The predicted molar refractivity (Wildman–Crippen MR) is 81.6 cm³/mol. The second kappa shape index (κ2) is 6.13. The van der Waals surface area contributed by atoms with E-state index in [1.165, 1.54) is 0 Å². The van der Waals surface area contributed by atoms with Crippen LogP contribution in [0.4, 0.5) is 5.69 Å². The molecule has 0 radical (unpaired) electrons. The summed E-state index contributed by atoms with van der Waals surface area (Å²) in [5.74, 6) is -0.334. The number of amides is 1. The summed E-state index contributed by atoms with van der Waals surface area (Å²) in [5, 5.41) is 0. The van der Waals surface area contributed by atoms with Crippen molar-refractivity contribution in [2.75, 3.05) is 24.5 Å². The van der Waals surface area contributed by atoms with Crippen LogP contribution in [0.25, 0.3) is 0 Å². The molecule has 1 amide bonds. The lowest BCUT2D eigenvalue weighted by molar-refractivity contribution is -0.121. The van der Waals surface area contributed by atoms with Crippen LogP contribution in [0.3, 0.4) is 0 Å². The molecule has 1 aliphatic rings. The van der Waals surface area contributed by atoms with E-state index in [1.54, 1.807) is 36.9 Å². The maximum Gasteiger partial charge on any atom is 0.240 e. The Hall–Kier alpha value is -1.44. The molecule has 2 rings (SSSR count). The number of nitrogens with two attached hydrogens (primary N) is 1. The van der Waals surface area contributed by atoms with Crippen molar-refractivity contribution < 1.29 is 13.2 Å². The van der Waals surface area contributed by atoms with E-state index in [-0.39, 0.29) is 23.3 Å². The van der Waals surface area contributed by atoms with Crippen molar-refractivity contribution in [1.82, 2.24) is 4.72 Å². The van der Waals surface area contributed by atoms with Gasteiger partial charge in [-0.25, -0.2) is 13.1 Å². The largest absolute Gasteiger partial charge is 0.330 e. The smallest absolute Gasteiger partial charge is 0.240 e. The van der Waals surface area contributed by atoms with E-state index in [0.29, 0.717) is 18.8 Å². The number of fused-ring (bicyclic) bond motifs is 1. The Labute approximate surface area is 125 Å². The van der Waals surface area contributed by atoms with Crippen LogP contribution in [-0.4, -0.2) is 34.0 Å². The van der Waals surface area contributed by atoms with Crippen molar-refractivity contribution >= 4 is 21.6 Å². The number of carbonyl (C=O) groups is 1. The molecule has 0 spiro atoms. The normalized spacial score (nSPS) is 15.9. The number of nitrogens with zero attached hydrogens (tertiary/aromatic N) is 1. The fraction of sp³-hybridized carbons (Fsp3) is 0.500. The first kappa shape index (κ1) is 15.9. The summed E-state index contributed by atoms with van der Waals surface area (Å²) >= 11 is 0. The molecule has 1 aliphatic heterocycles. The summed E-state index contributed by atoms with van der Waals surface area (Å²) in [6.45, 7) is 4.68. The van der Waals surface area contributed by atoms with E-state index >= 15 is 0 Å². The van der Waals surface area contributed by atoms with Gasteiger partial charge in [-0.2, -0.15) is 0 Å². The summed E-state index contributed by atoms with van der Waals surface area (Å²) in [6, 6.07) is 4.93. The van der Waals surface area contributed by atoms with E-state index < -0.39 is 10.0 Å². The van der Waals surface area contributed by atoms with Gasteiger partial charge in [-0.05, 0) is 24.1 Å². The van der Waals surface area contributed by atoms with Gasteiger partial charge >= 0.3 is 0 Å². The zero-order chi connectivity index (χ0) is 15.6. The van der Waals surface area contributed by atoms with Crippen LogP contribution < -0.4 is 15.4 Å². The highest BCUT2D eigenvalue weighted by molar-refractivity contribution is 7.89. The van der Waals surface area contributed by atoms with Crippen molar-refractivity contribution in [2.45, 2.75) is 25.2 Å². The van der Waals surface area contributed by atoms with Crippen LogP contribution >= 0.6 is 0 Å². The van der Waals surface area contributed by atoms with Gasteiger partial charge in [-0.3, -0.25) is 4.79 Å². The van der Waals surface area contributed by atoms with Crippen LogP contribution in [0, 0.1) is 5.92 Å². The Morgan fingerprint density at radius 1 is 1.48 bits per heavy atom. The molecule has 0 aliphatic carbocycles. The van der Waals surface area contributed by atoms with Crippen LogP contribution in [0.5, 0.6) is 0 Å². The molecule has 6 nitrogen and oxygen atoms in total. The molecule has 0 bridgehead atoms. The van der Waals surface area contributed by atoms with E-state index in [0.717, 1.165) is 12.0 Å². The average Bonchev–Trinajstić information content (AvgIpc) is 2.88. The molecule has 1 unspecified atom stereocenters. The maximum atomic E-state index is 12.3. The van der Waals surface area contributed by atoms with Gasteiger partial charge in [0.2, 0.25) is 15.9 Å². The lowest BCUT2D eigenvalue weighted by Crippen LogP contribution is -2.36. The number of rotatable bonds is 5. The predicted octanol–water partition coefficient (Wildman–Crippen LogP) is 0.469. The molecule has 116 valence electrons. The Bertz CT molecular complexity index is 643. The van der Waals surface area contributed by atoms with Gasteiger partial charge in [0, 0.05) is 31.2 Å². The lowest BCUT2D eigenvalue weighted by Gasteiger charge is -2.21. The number of nitrogens with one attached hydrogen (secondary N) is 1. The fourth-order valence-corrected chi connectivity index (χ4v) is 3.46. The molecule has 21 heavy (non-hydrogen) atoms. The molecule has 1 atom stereocenters. The van der Waals surface area contributed by atoms with Gasteiger partial charge in [-0.15, -0.1) is 0 Å². The first-order valence-electron chi connectivity index (χ1n) is 7.04. The van der Waals surface area contributed by atoms with Gasteiger partial charge < -0.3 is 10.6 Å². The fourth-order valence-electron chi connectivity index (χ4n) is 2.40. The Morgan fingerprint density at radius 3 is 2.81 bits per heavy atom. The number of benzene rings is 1. The molecule has 1 aromatic rings. The van der Waals surface area contributed by atoms with Crippen LogP contribution in [-0.2, 0) is 21.2 Å². The van der Waals surface area contributed by atoms with Crippen molar-refractivity contribution in [2.24, 2.45) is 11.7 Å². The topological polar surface area (TPSA) is 92.5 Å².